The molecule has 9 heteroatoms. The van der Waals surface area contributed by atoms with Crippen molar-refractivity contribution in [1.29, 1.82) is 0 Å². The van der Waals surface area contributed by atoms with Gasteiger partial charge >= 0.3 is 0 Å². The lowest BCUT2D eigenvalue weighted by molar-refractivity contribution is -0.385. The van der Waals surface area contributed by atoms with Gasteiger partial charge in [0, 0.05) is 11.8 Å². The fourth-order valence-corrected chi connectivity index (χ4v) is 1.54. The van der Waals surface area contributed by atoms with Gasteiger partial charge in [0.25, 0.3) is 5.69 Å². The zero-order valence-electron chi connectivity index (χ0n) is 10.5. The summed E-state index contributed by atoms with van der Waals surface area (Å²) in [6.07, 6.45) is 1.06. The average molecular weight is 310 g/mol. The van der Waals surface area contributed by atoms with Gasteiger partial charge in [-0.05, 0) is 24.3 Å². The van der Waals surface area contributed by atoms with Crippen molar-refractivity contribution in [2.24, 2.45) is 10.7 Å². The summed E-state index contributed by atoms with van der Waals surface area (Å²) < 4.78 is 13.2. The van der Waals surface area contributed by atoms with E-state index < -0.39 is 10.7 Å². The zero-order valence-corrected chi connectivity index (χ0v) is 11.2. The maximum absolute atomic E-state index is 13.2. The molecular weight excluding hydrogens is 301 g/mol. The van der Waals surface area contributed by atoms with Crippen LogP contribution in [0, 0.1) is 15.9 Å². The molecule has 0 fully saturated rings. The van der Waals surface area contributed by atoms with E-state index in [-0.39, 0.29) is 22.5 Å². The number of guanidine groups is 1. The number of halogens is 2. The number of pyridine rings is 1. The predicted molar refractivity (Wildman–Crippen MR) is 77.2 cm³/mol. The fraction of sp³-hybridized carbons (Fsp3) is 0. The first-order valence-corrected chi connectivity index (χ1v) is 6.00. The number of anilines is 1. The minimum Gasteiger partial charge on any atom is -0.369 e. The maximum atomic E-state index is 13.2. The monoisotopic (exact) mass is 309 g/mol. The van der Waals surface area contributed by atoms with Gasteiger partial charge in [-0.15, -0.1) is 0 Å². The number of aliphatic imine (C=N–C) groups is 1. The Labute approximate surface area is 123 Å². The van der Waals surface area contributed by atoms with Crippen molar-refractivity contribution < 1.29 is 9.31 Å². The summed E-state index contributed by atoms with van der Waals surface area (Å²) in [6, 6.07) is 6.65. The van der Waals surface area contributed by atoms with E-state index in [1.807, 2.05) is 0 Å². The normalized spacial score (nSPS) is 11.2. The first-order valence-electron chi connectivity index (χ1n) is 5.62. The molecule has 0 saturated heterocycles. The van der Waals surface area contributed by atoms with E-state index in [1.165, 1.54) is 24.3 Å². The van der Waals surface area contributed by atoms with Gasteiger partial charge in [-0.25, -0.2) is 9.37 Å². The molecule has 0 bridgehead atoms. The van der Waals surface area contributed by atoms with Crippen LogP contribution < -0.4 is 11.1 Å². The molecule has 0 spiro atoms. The molecule has 7 nitrogen and oxygen atoms in total. The number of rotatable bonds is 3. The van der Waals surface area contributed by atoms with Crippen molar-refractivity contribution >= 4 is 34.8 Å². The Kier molecular flexibility index (Phi) is 4.29. The summed E-state index contributed by atoms with van der Waals surface area (Å²) >= 11 is 5.56. The largest absolute Gasteiger partial charge is 0.369 e. The van der Waals surface area contributed by atoms with Crippen molar-refractivity contribution in [3.05, 3.63) is 57.5 Å². The third kappa shape index (κ3) is 3.86. The second kappa shape index (κ2) is 6.14. The molecule has 108 valence electrons. The lowest BCUT2D eigenvalue weighted by Crippen LogP contribution is -2.22. The molecule has 0 saturated carbocycles. The number of aromatic nitrogens is 1. The van der Waals surface area contributed by atoms with Crippen LogP contribution in [0.15, 0.2) is 41.5 Å². The zero-order chi connectivity index (χ0) is 15.4. The second-order valence-corrected chi connectivity index (χ2v) is 4.29. The molecular formula is C12H9ClFN5O2. The van der Waals surface area contributed by atoms with Crippen LogP contribution in [0.1, 0.15) is 0 Å². The molecule has 21 heavy (non-hydrogen) atoms. The molecule has 2 aromatic rings. The van der Waals surface area contributed by atoms with E-state index in [4.69, 9.17) is 17.3 Å². The van der Waals surface area contributed by atoms with Crippen LogP contribution in [0.3, 0.4) is 0 Å². The van der Waals surface area contributed by atoms with Crippen LogP contribution in [-0.2, 0) is 0 Å². The molecule has 1 aromatic carbocycles. The fourth-order valence-electron chi connectivity index (χ4n) is 1.43. The van der Waals surface area contributed by atoms with Gasteiger partial charge < -0.3 is 11.1 Å². The van der Waals surface area contributed by atoms with Gasteiger partial charge in [0.05, 0.1) is 9.95 Å². The maximum Gasteiger partial charge on any atom is 0.287 e. The SMILES string of the molecule is NC(=Nc1ccc([N+](=O)[O-])cn1)Nc1ccc(Cl)c(F)c1. The van der Waals surface area contributed by atoms with Gasteiger partial charge in [0.15, 0.2) is 11.8 Å². The highest BCUT2D eigenvalue weighted by Gasteiger charge is 2.05. The van der Waals surface area contributed by atoms with Gasteiger partial charge in [-0.3, -0.25) is 10.1 Å². The summed E-state index contributed by atoms with van der Waals surface area (Å²) in [5.41, 5.74) is 5.84. The molecule has 0 aliphatic carbocycles. The van der Waals surface area contributed by atoms with Crippen LogP contribution in [0.25, 0.3) is 0 Å². The Hall–Kier alpha value is -2.74. The Morgan fingerprint density at radius 3 is 2.76 bits per heavy atom. The molecule has 0 atom stereocenters. The number of hydrogen-bond acceptors (Lipinski definition) is 4. The van der Waals surface area contributed by atoms with Crippen LogP contribution in [0.4, 0.5) is 21.6 Å². The summed E-state index contributed by atoms with van der Waals surface area (Å²) in [4.78, 5) is 17.6. The summed E-state index contributed by atoms with van der Waals surface area (Å²) in [5.74, 6) is -0.457. The first-order chi connectivity index (χ1) is 9.95. The highest BCUT2D eigenvalue weighted by molar-refractivity contribution is 6.30. The highest BCUT2D eigenvalue weighted by atomic mass is 35.5. The smallest absolute Gasteiger partial charge is 0.287 e. The number of hydrogen-bond donors (Lipinski definition) is 2. The van der Waals surface area contributed by atoms with E-state index in [1.54, 1.807) is 0 Å². The molecule has 0 radical (unpaired) electrons. The minimum atomic E-state index is -0.595. The van der Waals surface area contributed by atoms with Gasteiger partial charge in [0.2, 0.25) is 0 Å². The molecule has 0 aliphatic heterocycles. The molecule has 3 N–H and O–H groups in total. The van der Waals surface area contributed by atoms with Crippen molar-refractivity contribution in [3.8, 4) is 0 Å². The lowest BCUT2D eigenvalue weighted by Gasteiger charge is -2.05. The molecule has 0 unspecified atom stereocenters. The number of nitrogens with two attached hydrogens (primary N) is 1. The topological polar surface area (TPSA) is 106 Å². The number of benzene rings is 1. The van der Waals surface area contributed by atoms with Gasteiger partial charge in [-0.1, -0.05) is 11.6 Å². The lowest BCUT2D eigenvalue weighted by atomic mass is 10.3. The van der Waals surface area contributed by atoms with Crippen molar-refractivity contribution in [3.63, 3.8) is 0 Å². The van der Waals surface area contributed by atoms with Crippen molar-refractivity contribution in [2.45, 2.75) is 0 Å². The highest BCUT2D eigenvalue weighted by Crippen LogP contribution is 2.19. The van der Waals surface area contributed by atoms with E-state index >= 15 is 0 Å². The van der Waals surface area contributed by atoms with E-state index in [0.717, 1.165) is 12.3 Å². The third-order valence-electron chi connectivity index (χ3n) is 2.37. The number of nitrogens with one attached hydrogen (secondary N) is 1. The molecule has 2 rings (SSSR count). The number of nitrogens with zero attached hydrogens (tertiary/aromatic N) is 3. The molecule has 1 aromatic heterocycles. The van der Waals surface area contributed by atoms with Crippen LogP contribution in [0.5, 0.6) is 0 Å². The Morgan fingerprint density at radius 1 is 1.43 bits per heavy atom. The quantitative estimate of drug-likeness (QED) is 0.392. The Balaban J connectivity index is 2.13. The van der Waals surface area contributed by atoms with Gasteiger partial charge in [-0.2, -0.15) is 4.99 Å². The average Bonchev–Trinajstić information content (AvgIpc) is 2.43. The Bertz CT molecular complexity index is 705. The second-order valence-electron chi connectivity index (χ2n) is 3.88. The molecule has 0 amide bonds. The van der Waals surface area contributed by atoms with Crippen molar-refractivity contribution in [1.82, 2.24) is 4.98 Å². The van der Waals surface area contributed by atoms with Gasteiger partial charge in [0.1, 0.15) is 12.0 Å². The number of nitro groups is 1. The van der Waals surface area contributed by atoms with E-state index in [0.29, 0.717) is 5.69 Å². The van der Waals surface area contributed by atoms with Crippen LogP contribution in [-0.4, -0.2) is 15.9 Å². The minimum absolute atomic E-state index is 0.00639. The molecule has 0 aliphatic rings. The summed E-state index contributed by atoms with van der Waals surface area (Å²) in [5, 5.41) is 13.1. The van der Waals surface area contributed by atoms with E-state index in [9.17, 15) is 14.5 Å². The van der Waals surface area contributed by atoms with Crippen LogP contribution >= 0.6 is 11.6 Å². The van der Waals surface area contributed by atoms with E-state index in [2.05, 4.69) is 15.3 Å². The Morgan fingerprint density at radius 2 is 2.19 bits per heavy atom. The predicted octanol–water partition coefficient (Wildman–Crippen LogP) is 2.84. The third-order valence-corrected chi connectivity index (χ3v) is 2.68. The standard InChI is InChI=1S/C12H9ClFN5O2/c13-9-3-1-7(5-10(9)14)17-12(15)18-11-4-2-8(6-16-11)19(20)21/h1-6H,(H3,15,16,17,18). The van der Waals surface area contributed by atoms with Crippen molar-refractivity contribution in [2.75, 3.05) is 5.32 Å². The van der Waals surface area contributed by atoms with Crippen LogP contribution in [0.2, 0.25) is 5.02 Å². The molecule has 1 heterocycles. The first kappa shape index (κ1) is 14.7. The summed E-state index contributed by atoms with van der Waals surface area (Å²) in [7, 11) is 0. The summed E-state index contributed by atoms with van der Waals surface area (Å²) in [6.45, 7) is 0.